The van der Waals surface area contributed by atoms with Gasteiger partial charge in [0.1, 0.15) is 11.5 Å². The molecule has 0 spiro atoms. The first-order valence-corrected chi connectivity index (χ1v) is 13.0. The number of hydrogen-bond donors (Lipinski definition) is 1. The maximum Gasteiger partial charge on any atom is 0.295 e. The van der Waals surface area contributed by atoms with Gasteiger partial charge in [0.2, 0.25) is 0 Å². The number of carbonyl (C=O) groups is 2. The lowest BCUT2D eigenvalue weighted by Crippen LogP contribution is -2.29. The van der Waals surface area contributed by atoms with Crippen molar-refractivity contribution < 1.29 is 28.9 Å². The van der Waals surface area contributed by atoms with Gasteiger partial charge >= 0.3 is 0 Å². The van der Waals surface area contributed by atoms with Crippen molar-refractivity contribution in [3.63, 3.8) is 0 Å². The molecule has 4 rings (SSSR count). The second-order valence-electron chi connectivity index (χ2n) is 9.81. The molecule has 8 heteroatoms. The number of amides is 1. The SMILES string of the molecule is CCOc1ccc([C@H]2C(=C(O)c3ccc(OCC(C)C)cc3C)C(=O)C(=O)N2Cc2cccnc2)cc1OC. The summed E-state index contributed by atoms with van der Waals surface area (Å²) < 4.78 is 17.0. The normalized spacial score (nSPS) is 16.6. The number of aliphatic hydroxyl groups excluding tert-OH is 1. The monoisotopic (exact) mass is 530 g/mol. The van der Waals surface area contributed by atoms with Crippen LogP contribution in [0.3, 0.4) is 0 Å². The molecular weight excluding hydrogens is 496 g/mol. The minimum atomic E-state index is -0.856. The average Bonchev–Trinajstić information content (AvgIpc) is 3.17. The highest BCUT2D eigenvalue weighted by Gasteiger charge is 2.46. The van der Waals surface area contributed by atoms with E-state index >= 15 is 0 Å². The molecule has 0 saturated carbocycles. The van der Waals surface area contributed by atoms with Gasteiger partial charge < -0.3 is 24.2 Å². The third-order valence-electron chi connectivity index (χ3n) is 6.46. The van der Waals surface area contributed by atoms with E-state index in [0.29, 0.717) is 47.5 Å². The Bertz CT molecular complexity index is 1380. The lowest BCUT2D eigenvalue weighted by atomic mass is 9.93. The number of aryl methyl sites for hydroxylation is 1. The van der Waals surface area contributed by atoms with Gasteiger partial charge in [-0.3, -0.25) is 14.6 Å². The first kappa shape index (κ1) is 27.7. The van der Waals surface area contributed by atoms with Crippen LogP contribution in [0.5, 0.6) is 17.2 Å². The predicted molar refractivity (Wildman–Crippen MR) is 148 cm³/mol. The lowest BCUT2D eigenvalue weighted by molar-refractivity contribution is -0.140. The topological polar surface area (TPSA) is 98.2 Å². The summed E-state index contributed by atoms with van der Waals surface area (Å²) in [4.78, 5) is 32.5. The zero-order valence-corrected chi connectivity index (χ0v) is 22.9. The maximum absolute atomic E-state index is 13.5. The summed E-state index contributed by atoms with van der Waals surface area (Å²) >= 11 is 0. The standard InChI is InChI=1S/C31H34N2O6/c1-6-38-25-12-9-22(15-26(25)37-5)28-27(30(35)31(36)33(28)17-21-8-7-13-32-16-21)29(34)24-11-10-23(14-20(24)4)39-18-19(2)3/h7-16,19,28,34H,6,17-18H2,1-5H3/t28-/m0/s1. The minimum absolute atomic E-state index is 0.00838. The highest BCUT2D eigenvalue weighted by molar-refractivity contribution is 6.46. The van der Waals surface area contributed by atoms with Crippen LogP contribution in [0.4, 0.5) is 0 Å². The number of Topliss-reactive ketones (excluding diaryl/α,β-unsaturated/α-hetero) is 1. The van der Waals surface area contributed by atoms with Crippen LogP contribution in [-0.4, -0.2) is 47.0 Å². The molecule has 8 nitrogen and oxygen atoms in total. The van der Waals surface area contributed by atoms with Crippen LogP contribution < -0.4 is 14.2 Å². The molecule has 1 aliphatic heterocycles. The summed E-state index contributed by atoms with van der Waals surface area (Å²) in [7, 11) is 1.53. The van der Waals surface area contributed by atoms with E-state index in [-0.39, 0.29) is 17.9 Å². The van der Waals surface area contributed by atoms with Gasteiger partial charge in [-0.25, -0.2) is 0 Å². The number of nitrogens with zero attached hydrogens (tertiary/aromatic N) is 2. The van der Waals surface area contributed by atoms with Crippen molar-refractivity contribution in [1.29, 1.82) is 0 Å². The number of methoxy groups -OCH3 is 1. The Morgan fingerprint density at radius 1 is 1.08 bits per heavy atom. The van der Waals surface area contributed by atoms with Gasteiger partial charge in [0.15, 0.2) is 11.5 Å². The number of likely N-dealkylation sites (tertiary alicyclic amines) is 1. The summed E-state index contributed by atoms with van der Waals surface area (Å²) in [6.45, 7) is 8.97. The van der Waals surface area contributed by atoms with Crippen LogP contribution in [0.15, 0.2) is 66.5 Å². The highest BCUT2D eigenvalue weighted by atomic mass is 16.5. The van der Waals surface area contributed by atoms with Crippen LogP contribution in [-0.2, 0) is 16.1 Å². The zero-order valence-electron chi connectivity index (χ0n) is 22.9. The molecule has 1 amide bonds. The van der Waals surface area contributed by atoms with E-state index in [1.807, 2.05) is 26.0 Å². The Hall–Kier alpha value is -4.33. The van der Waals surface area contributed by atoms with Gasteiger partial charge in [-0.15, -0.1) is 0 Å². The number of pyridine rings is 1. The molecule has 39 heavy (non-hydrogen) atoms. The quantitative estimate of drug-likeness (QED) is 0.211. The van der Waals surface area contributed by atoms with Crippen LogP contribution in [0.2, 0.25) is 0 Å². The van der Waals surface area contributed by atoms with E-state index in [0.717, 1.165) is 11.1 Å². The molecular formula is C31H34N2O6. The van der Waals surface area contributed by atoms with E-state index in [2.05, 4.69) is 18.8 Å². The second kappa shape index (κ2) is 12.0. The Kier molecular flexibility index (Phi) is 8.54. The molecule has 204 valence electrons. The molecule has 1 fully saturated rings. The van der Waals surface area contributed by atoms with Crippen molar-refractivity contribution in [3.8, 4) is 17.2 Å². The van der Waals surface area contributed by atoms with Gasteiger partial charge in [-0.2, -0.15) is 0 Å². The molecule has 1 atom stereocenters. The summed E-state index contributed by atoms with van der Waals surface area (Å²) in [5.41, 5.74) is 2.54. The molecule has 1 N–H and O–H groups in total. The van der Waals surface area contributed by atoms with E-state index in [9.17, 15) is 14.7 Å². The number of aliphatic hydroxyl groups is 1. The van der Waals surface area contributed by atoms with Crippen molar-refractivity contribution >= 4 is 17.4 Å². The molecule has 1 saturated heterocycles. The first-order valence-electron chi connectivity index (χ1n) is 13.0. The molecule has 3 aromatic rings. The van der Waals surface area contributed by atoms with Crippen LogP contribution in [0, 0.1) is 12.8 Å². The Balaban J connectivity index is 1.84. The smallest absolute Gasteiger partial charge is 0.295 e. The number of aromatic nitrogens is 1. The van der Waals surface area contributed by atoms with Crippen LogP contribution in [0.1, 0.15) is 49.1 Å². The van der Waals surface area contributed by atoms with E-state index < -0.39 is 17.7 Å². The third kappa shape index (κ3) is 5.90. The fourth-order valence-electron chi connectivity index (χ4n) is 4.61. The highest BCUT2D eigenvalue weighted by Crippen LogP contribution is 2.43. The first-order chi connectivity index (χ1) is 18.7. The zero-order chi connectivity index (χ0) is 28.1. The van der Waals surface area contributed by atoms with Crippen molar-refractivity contribution in [2.75, 3.05) is 20.3 Å². The molecule has 2 aromatic carbocycles. The van der Waals surface area contributed by atoms with Crippen molar-refractivity contribution in [3.05, 3.63) is 88.8 Å². The molecule has 1 aliphatic rings. The summed E-state index contributed by atoms with van der Waals surface area (Å²) in [5, 5.41) is 11.6. The largest absolute Gasteiger partial charge is 0.507 e. The van der Waals surface area contributed by atoms with Gasteiger partial charge in [-0.1, -0.05) is 26.0 Å². The molecule has 2 heterocycles. The van der Waals surface area contributed by atoms with Gasteiger partial charge in [0.05, 0.1) is 31.9 Å². The summed E-state index contributed by atoms with van der Waals surface area (Å²) in [6.07, 6.45) is 3.29. The van der Waals surface area contributed by atoms with Gasteiger partial charge in [-0.05, 0) is 72.9 Å². The molecule has 0 unspecified atom stereocenters. The molecule has 0 aliphatic carbocycles. The summed E-state index contributed by atoms with van der Waals surface area (Å²) in [6, 6.07) is 13.3. The Morgan fingerprint density at radius 3 is 2.51 bits per heavy atom. The molecule has 0 radical (unpaired) electrons. The van der Waals surface area contributed by atoms with Crippen molar-refractivity contribution in [2.24, 2.45) is 5.92 Å². The lowest BCUT2D eigenvalue weighted by Gasteiger charge is -2.26. The number of ether oxygens (including phenoxy) is 3. The Morgan fingerprint density at radius 2 is 1.87 bits per heavy atom. The van der Waals surface area contributed by atoms with E-state index in [1.54, 1.807) is 48.8 Å². The summed E-state index contributed by atoms with van der Waals surface area (Å²) in [5.74, 6) is 0.335. The minimum Gasteiger partial charge on any atom is -0.507 e. The number of carbonyl (C=O) groups excluding carboxylic acids is 2. The maximum atomic E-state index is 13.5. The van der Waals surface area contributed by atoms with E-state index in [4.69, 9.17) is 14.2 Å². The number of rotatable bonds is 10. The van der Waals surface area contributed by atoms with Gasteiger partial charge in [0, 0.05) is 24.5 Å². The second-order valence-corrected chi connectivity index (χ2v) is 9.81. The number of ketones is 1. The van der Waals surface area contributed by atoms with Crippen molar-refractivity contribution in [2.45, 2.75) is 40.3 Å². The molecule has 0 bridgehead atoms. The third-order valence-corrected chi connectivity index (χ3v) is 6.46. The fraction of sp³-hybridized carbons (Fsp3) is 0.323. The fourth-order valence-corrected chi connectivity index (χ4v) is 4.61. The Labute approximate surface area is 228 Å². The van der Waals surface area contributed by atoms with Crippen molar-refractivity contribution in [1.82, 2.24) is 9.88 Å². The predicted octanol–water partition coefficient (Wildman–Crippen LogP) is 5.45. The molecule has 1 aromatic heterocycles. The number of benzene rings is 2. The van der Waals surface area contributed by atoms with Crippen LogP contribution >= 0.6 is 0 Å². The average molecular weight is 531 g/mol. The van der Waals surface area contributed by atoms with Crippen LogP contribution in [0.25, 0.3) is 5.76 Å². The van der Waals surface area contributed by atoms with Gasteiger partial charge in [0.25, 0.3) is 11.7 Å². The van der Waals surface area contributed by atoms with E-state index in [1.165, 1.54) is 12.0 Å². The number of hydrogen-bond acceptors (Lipinski definition) is 7.